The first-order valence-corrected chi connectivity index (χ1v) is 12.5. The Bertz CT molecular complexity index is 957. The second-order valence-corrected chi connectivity index (χ2v) is 11.1. The van der Waals surface area contributed by atoms with Crippen molar-refractivity contribution in [1.29, 1.82) is 0 Å². The molecule has 3 saturated heterocycles. The van der Waals surface area contributed by atoms with Crippen LogP contribution in [0.5, 0.6) is 0 Å². The lowest BCUT2D eigenvalue weighted by Gasteiger charge is -2.39. The normalized spacial score (nSPS) is 28.9. The fraction of sp³-hybridized carbons (Fsp3) is 0.792. The number of carbonyl (C=O) groups is 1. The highest BCUT2D eigenvalue weighted by Gasteiger charge is 2.52. The van der Waals surface area contributed by atoms with E-state index >= 15 is 0 Å². The number of rotatable bonds is 4. The quantitative estimate of drug-likeness (QED) is 0.628. The Balaban J connectivity index is 1.39. The summed E-state index contributed by atoms with van der Waals surface area (Å²) in [6.07, 6.45) is -3.41. The topological polar surface area (TPSA) is 98.3 Å². The summed E-state index contributed by atoms with van der Waals surface area (Å²) in [5.74, 6) is -0.892. The van der Waals surface area contributed by atoms with Gasteiger partial charge >= 0.3 is 12.3 Å². The molecule has 0 bridgehead atoms. The van der Waals surface area contributed by atoms with Gasteiger partial charge in [-0.3, -0.25) is 9.88 Å². The third kappa shape index (κ3) is 7.21. The van der Waals surface area contributed by atoms with Gasteiger partial charge in [-0.15, -0.1) is 0 Å². The van der Waals surface area contributed by atoms with Crippen LogP contribution in [0.25, 0.3) is 0 Å². The molecule has 0 aromatic carbocycles. The van der Waals surface area contributed by atoms with Gasteiger partial charge in [-0.2, -0.15) is 13.2 Å². The first-order valence-electron chi connectivity index (χ1n) is 12.5. The van der Waals surface area contributed by atoms with Gasteiger partial charge in [0.1, 0.15) is 23.6 Å². The average Bonchev–Trinajstić information content (AvgIpc) is 2.95. The van der Waals surface area contributed by atoms with Crippen LogP contribution in [0.4, 0.5) is 23.8 Å². The van der Waals surface area contributed by atoms with Crippen LogP contribution in [0.15, 0.2) is 12.4 Å². The molecule has 13 heteroatoms. The second-order valence-electron chi connectivity index (χ2n) is 11.1. The minimum Gasteiger partial charge on any atom is -0.444 e. The van der Waals surface area contributed by atoms with Crippen molar-refractivity contribution >= 4 is 11.9 Å². The highest BCUT2D eigenvalue weighted by Crippen LogP contribution is 2.37. The number of aromatic nitrogens is 2. The lowest BCUT2D eigenvalue weighted by atomic mass is 9.97. The summed E-state index contributed by atoms with van der Waals surface area (Å²) in [6.45, 7) is 12.5. The number of amides is 1. The molecule has 208 valence electrons. The fourth-order valence-electron chi connectivity index (χ4n) is 4.79. The van der Waals surface area contributed by atoms with Crippen molar-refractivity contribution < 1.29 is 36.9 Å². The van der Waals surface area contributed by atoms with Crippen LogP contribution in [-0.4, -0.2) is 101 Å². The van der Waals surface area contributed by atoms with Crippen molar-refractivity contribution in [2.45, 2.75) is 83.0 Å². The molecule has 10 nitrogen and oxygen atoms in total. The van der Waals surface area contributed by atoms with Gasteiger partial charge in [-0.1, -0.05) is 0 Å². The molecule has 3 fully saturated rings. The third-order valence-electron chi connectivity index (χ3n) is 6.35. The van der Waals surface area contributed by atoms with Gasteiger partial charge in [-0.05, 0) is 41.0 Å². The lowest BCUT2D eigenvalue weighted by molar-refractivity contribution is -0.155. The summed E-state index contributed by atoms with van der Waals surface area (Å²) in [4.78, 5) is 23.8. The highest BCUT2D eigenvalue weighted by molar-refractivity contribution is 5.68. The zero-order chi connectivity index (χ0) is 27.0. The maximum Gasteiger partial charge on any atom is 0.434 e. The lowest BCUT2D eigenvalue weighted by Crippen LogP contribution is -2.57. The Morgan fingerprint density at radius 1 is 1.14 bits per heavy atom. The van der Waals surface area contributed by atoms with Crippen LogP contribution in [0, 0.1) is 0 Å². The molecule has 4 rings (SSSR count). The second kappa shape index (κ2) is 10.5. The van der Waals surface area contributed by atoms with Crippen molar-refractivity contribution in [3.63, 3.8) is 0 Å². The Labute approximate surface area is 214 Å². The number of ether oxygens (including phenoxy) is 4. The van der Waals surface area contributed by atoms with Crippen LogP contribution in [0.2, 0.25) is 0 Å². The van der Waals surface area contributed by atoms with Gasteiger partial charge in [0.05, 0.1) is 31.1 Å². The predicted octanol–water partition coefficient (Wildman–Crippen LogP) is 3.14. The maximum absolute atomic E-state index is 13.1. The molecule has 1 aromatic heterocycles. The largest absolute Gasteiger partial charge is 0.444 e. The maximum atomic E-state index is 13.1. The van der Waals surface area contributed by atoms with E-state index in [0.717, 1.165) is 13.0 Å². The van der Waals surface area contributed by atoms with E-state index in [1.165, 1.54) is 6.20 Å². The van der Waals surface area contributed by atoms with E-state index < -0.39 is 41.5 Å². The molecule has 1 aromatic rings. The van der Waals surface area contributed by atoms with Crippen molar-refractivity contribution in [2.75, 3.05) is 44.6 Å². The number of halogens is 3. The van der Waals surface area contributed by atoms with Gasteiger partial charge in [0.25, 0.3) is 0 Å². The molecular formula is C24H36F3N5O5. The van der Waals surface area contributed by atoms with E-state index in [1.807, 2.05) is 20.8 Å². The van der Waals surface area contributed by atoms with E-state index in [-0.39, 0.29) is 24.6 Å². The summed E-state index contributed by atoms with van der Waals surface area (Å²) < 4.78 is 63.2. The zero-order valence-corrected chi connectivity index (χ0v) is 21.9. The van der Waals surface area contributed by atoms with Crippen LogP contribution < -0.4 is 5.32 Å². The minimum absolute atomic E-state index is 0.0105. The third-order valence-corrected chi connectivity index (χ3v) is 6.35. The molecule has 0 aliphatic carbocycles. The standard InChI is InChI=1S/C24H36F3N5O5/c1-22(2,3)37-21(33)32-8-6-7-31(9-10-32)13-16-20-19(35-23(4,5)36-20)15(14-34-16)29-18-12-28-11-17(30-18)24(25,26)27/h11-12,15-16,19-20H,6-10,13-14H2,1-5H3,(H,29,30)/t15-,16+,19+,20-/m0/s1. The van der Waals surface area contributed by atoms with Crippen LogP contribution in [0.1, 0.15) is 46.7 Å². The molecule has 37 heavy (non-hydrogen) atoms. The molecular weight excluding hydrogens is 495 g/mol. The summed E-state index contributed by atoms with van der Waals surface area (Å²) in [5, 5.41) is 3.00. The molecule has 4 atom stereocenters. The molecule has 0 radical (unpaired) electrons. The van der Waals surface area contributed by atoms with Gasteiger partial charge < -0.3 is 29.2 Å². The number of nitrogens with zero attached hydrogens (tertiary/aromatic N) is 4. The number of nitrogens with one attached hydrogen (secondary N) is 1. The van der Waals surface area contributed by atoms with Gasteiger partial charge in [0, 0.05) is 32.7 Å². The van der Waals surface area contributed by atoms with Crippen molar-refractivity contribution in [2.24, 2.45) is 0 Å². The van der Waals surface area contributed by atoms with Gasteiger partial charge in [0.15, 0.2) is 11.5 Å². The minimum atomic E-state index is -4.59. The summed E-state index contributed by atoms with van der Waals surface area (Å²) in [7, 11) is 0. The smallest absolute Gasteiger partial charge is 0.434 e. The molecule has 1 amide bonds. The van der Waals surface area contributed by atoms with E-state index in [1.54, 1.807) is 18.7 Å². The molecule has 0 spiro atoms. The first-order chi connectivity index (χ1) is 17.2. The first kappa shape index (κ1) is 27.8. The number of hydrogen-bond donors (Lipinski definition) is 1. The number of fused-ring (bicyclic) bond motifs is 1. The van der Waals surface area contributed by atoms with Crippen molar-refractivity contribution in [3.05, 3.63) is 18.1 Å². The Hall–Kier alpha value is -2.22. The molecule has 4 heterocycles. The monoisotopic (exact) mass is 531 g/mol. The predicted molar refractivity (Wildman–Crippen MR) is 127 cm³/mol. The van der Waals surface area contributed by atoms with Crippen LogP contribution >= 0.6 is 0 Å². The van der Waals surface area contributed by atoms with E-state index in [4.69, 9.17) is 18.9 Å². The van der Waals surface area contributed by atoms with Crippen LogP contribution in [-0.2, 0) is 25.1 Å². The Kier molecular flexibility index (Phi) is 7.89. The van der Waals surface area contributed by atoms with Gasteiger partial charge in [-0.25, -0.2) is 9.78 Å². The number of carbonyl (C=O) groups excluding carboxylic acids is 1. The molecule has 3 aliphatic rings. The zero-order valence-electron chi connectivity index (χ0n) is 21.9. The average molecular weight is 532 g/mol. The number of hydrogen-bond acceptors (Lipinski definition) is 9. The van der Waals surface area contributed by atoms with E-state index in [0.29, 0.717) is 32.4 Å². The Morgan fingerprint density at radius 2 is 1.86 bits per heavy atom. The fourth-order valence-corrected chi connectivity index (χ4v) is 4.79. The molecule has 0 unspecified atom stereocenters. The SMILES string of the molecule is CC(C)(C)OC(=O)N1CCCN(C[C@H]2OC[C@H](Nc3cncc(C(F)(F)F)n3)[C@H]3OC(C)(C)O[C@H]32)CC1. The van der Waals surface area contributed by atoms with Gasteiger partial charge in [0.2, 0.25) is 0 Å². The van der Waals surface area contributed by atoms with E-state index in [2.05, 4.69) is 20.2 Å². The van der Waals surface area contributed by atoms with Crippen molar-refractivity contribution in [3.8, 4) is 0 Å². The number of alkyl halides is 3. The highest BCUT2D eigenvalue weighted by atomic mass is 19.4. The summed E-state index contributed by atoms with van der Waals surface area (Å²) in [6, 6.07) is -0.479. The van der Waals surface area contributed by atoms with E-state index in [9.17, 15) is 18.0 Å². The number of anilines is 1. The van der Waals surface area contributed by atoms with Crippen molar-refractivity contribution in [1.82, 2.24) is 19.8 Å². The summed E-state index contributed by atoms with van der Waals surface area (Å²) in [5.41, 5.74) is -1.63. The molecule has 1 N–H and O–H groups in total. The molecule has 3 aliphatic heterocycles. The molecule has 0 saturated carbocycles. The Morgan fingerprint density at radius 3 is 2.57 bits per heavy atom. The van der Waals surface area contributed by atoms with Crippen LogP contribution in [0.3, 0.4) is 0 Å². The summed E-state index contributed by atoms with van der Waals surface area (Å²) >= 11 is 0.